The van der Waals surface area contributed by atoms with Crippen LogP contribution in [-0.2, 0) is 6.42 Å². The molecule has 1 aromatic carbocycles. The number of nitrogens with two attached hydrogens (primary N) is 1. The van der Waals surface area contributed by atoms with E-state index in [4.69, 9.17) is 10.7 Å². The summed E-state index contributed by atoms with van der Waals surface area (Å²) in [6, 6.07) is 8.16. The zero-order chi connectivity index (χ0) is 14.4. The number of rotatable bonds is 3. The monoisotopic (exact) mass is 297 g/mol. The Morgan fingerprint density at radius 3 is 3.05 bits per heavy atom. The molecule has 1 atom stereocenters. The predicted molar refractivity (Wildman–Crippen MR) is 85.1 cm³/mol. The lowest BCUT2D eigenvalue weighted by Gasteiger charge is -2.08. The van der Waals surface area contributed by atoms with Crippen LogP contribution in [-0.4, -0.2) is 25.0 Å². The number of nitrogens with zero attached hydrogens (tertiary/aromatic N) is 4. The van der Waals surface area contributed by atoms with Crippen LogP contribution < -0.4 is 5.73 Å². The summed E-state index contributed by atoms with van der Waals surface area (Å²) in [4.78, 5) is 10.2. The van der Waals surface area contributed by atoms with Gasteiger partial charge in [0.2, 0.25) is 0 Å². The van der Waals surface area contributed by atoms with Gasteiger partial charge < -0.3 is 5.73 Å². The standard InChI is InChI=1S/C15H15N5S/c1-10(16)8-13-14(18-15-19(13)6-7-21-15)20-9-17-11-4-2-3-5-12(11)20/h2-7,9-10H,8,16H2,1H3. The van der Waals surface area contributed by atoms with Crippen LogP contribution in [0.25, 0.3) is 21.8 Å². The van der Waals surface area contributed by atoms with Crippen LogP contribution in [0.3, 0.4) is 0 Å². The van der Waals surface area contributed by atoms with E-state index >= 15 is 0 Å². The molecule has 0 aliphatic rings. The molecule has 106 valence electrons. The molecule has 0 radical (unpaired) electrons. The fraction of sp³-hybridized carbons (Fsp3) is 0.200. The van der Waals surface area contributed by atoms with Crippen molar-refractivity contribution in [1.29, 1.82) is 0 Å². The first-order valence-corrected chi connectivity index (χ1v) is 7.74. The Bertz CT molecular complexity index is 914. The SMILES string of the molecule is CC(N)Cc1c(-n2cnc3ccccc32)nc2sccn12. The van der Waals surface area contributed by atoms with E-state index in [-0.39, 0.29) is 6.04 Å². The minimum absolute atomic E-state index is 0.0818. The van der Waals surface area contributed by atoms with Crippen molar-refractivity contribution in [3.05, 3.63) is 47.9 Å². The zero-order valence-corrected chi connectivity index (χ0v) is 12.4. The van der Waals surface area contributed by atoms with Gasteiger partial charge in [-0.2, -0.15) is 0 Å². The van der Waals surface area contributed by atoms with Gasteiger partial charge in [0.1, 0.15) is 6.33 Å². The van der Waals surface area contributed by atoms with Crippen molar-refractivity contribution >= 4 is 27.3 Å². The van der Waals surface area contributed by atoms with Crippen LogP contribution in [0.1, 0.15) is 12.6 Å². The first kappa shape index (κ1) is 12.6. The number of benzene rings is 1. The van der Waals surface area contributed by atoms with Crippen LogP contribution in [0, 0.1) is 0 Å². The summed E-state index contributed by atoms with van der Waals surface area (Å²) in [7, 11) is 0. The predicted octanol–water partition coefficient (Wildman–Crippen LogP) is 2.62. The maximum Gasteiger partial charge on any atom is 0.195 e. The fourth-order valence-corrected chi connectivity index (χ4v) is 3.36. The molecule has 21 heavy (non-hydrogen) atoms. The molecule has 0 spiro atoms. The Labute approximate surface area is 125 Å². The maximum atomic E-state index is 6.02. The number of fused-ring (bicyclic) bond motifs is 2. The second-order valence-corrected chi connectivity index (χ2v) is 6.10. The fourth-order valence-electron chi connectivity index (χ4n) is 2.64. The van der Waals surface area contributed by atoms with Crippen LogP contribution >= 0.6 is 11.3 Å². The van der Waals surface area contributed by atoms with Gasteiger partial charge in [-0.3, -0.25) is 8.97 Å². The lowest BCUT2D eigenvalue weighted by atomic mass is 10.2. The largest absolute Gasteiger partial charge is 0.328 e. The van der Waals surface area contributed by atoms with Gasteiger partial charge in [-0.1, -0.05) is 12.1 Å². The molecule has 5 nitrogen and oxygen atoms in total. The minimum Gasteiger partial charge on any atom is -0.328 e. The second kappa shape index (κ2) is 4.68. The molecule has 3 heterocycles. The van der Waals surface area contributed by atoms with Crippen LogP contribution in [0.15, 0.2) is 42.2 Å². The summed E-state index contributed by atoms with van der Waals surface area (Å²) in [6.45, 7) is 2.02. The topological polar surface area (TPSA) is 61.1 Å². The van der Waals surface area contributed by atoms with Crippen molar-refractivity contribution in [2.75, 3.05) is 0 Å². The Morgan fingerprint density at radius 1 is 1.33 bits per heavy atom. The van der Waals surface area contributed by atoms with E-state index in [1.807, 2.05) is 47.6 Å². The van der Waals surface area contributed by atoms with Crippen LogP contribution in [0.5, 0.6) is 0 Å². The highest BCUT2D eigenvalue weighted by Crippen LogP contribution is 2.24. The Kier molecular flexibility index (Phi) is 2.80. The lowest BCUT2D eigenvalue weighted by molar-refractivity contribution is 0.713. The molecule has 1 unspecified atom stereocenters. The average Bonchev–Trinajstić information content (AvgIpc) is 3.13. The van der Waals surface area contributed by atoms with E-state index in [0.29, 0.717) is 0 Å². The maximum absolute atomic E-state index is 6.02. The average molecular weight is 297 g/mol. The van der Waals surface area contributed by atoms with Crippen molar-refractivity contribution in [3.63, 3.8) is 0 Å². The molecule has 0 aliphatic carbocycles. The molecule has 2 N–H and O–H groups in total. The van der Waals surface area contributed by atoms with Gasteiger partial charge in [0, 0.05) is 24.0 Å². The van der Waals surface area contributed by atoms with Crippen molar-refractivity contribution in [2.24, 2.45) is 5.73 Å². The van der Waals surface area contributed by atoms with Gasteiger partial charge in [0.25, 0.3) is 0 Å². The number of hydrogen-bond acceptors (Lipinski definition) is 4. The minimum atomic E-state index is 0.0818. The van der Waals surface area contributed by atoms with Crippen molar-refractivity contribution in [3.8, 4) is 5.82 Å². The van der Waals surface area contributed by atoms with Gasteiger partial charge in [-0.15, -0.1) is 11.3 Å². The van der Waals surface area contributed by atoms with Gasteiger partial charge in [-0.05, 0) is 19.1 Å². The van der Waals surface area contributed by atoms with E-state index in [1.54, 1.807) is 11.3 Å². The third kappa shape index (κ3) is 1.95. The van der Waals surface area contributed by atoms with E-state index in [2.05, 4.69) is 15.5 Å². The summed E-state index contributed by atoms with van der Waals surface area (Å²) in [5.74, 6) is 0.924. The molecule has 0 saturated carbocycles. The molecule has 4 aromatic rings. The van der Waals surface area contributed by atoms with Gasteiger partial charge in [0.15, 0.2) is 10.8 Å². The highest BCUT2D eigenvalue weighted by Gasteiger charge is 2.17. The number of hydrogen-bond donors (Lipinski definition) is 1. The molecule has 0 amide bonds. The molecule has 6 heteroatoms. The number of imidazole rings is 2. The van der Waals surface area contributed by atoms with Crippen LogP contribution in [0.2, 0.25) is 0 Å². The van der Waals surface area contributed by atoms with Crippen molar-refractivity contribution < 1.29 is 0 Å². The highest BCUT2D eigenvalue weighted by atomic mass is 32.1. The molecule has 0 saturated heterocycles. The first-order chi connectivity index (χ1) is 10.2. The Hall–Kier alpha value is -2.18. The zero-order valence-electron chi connectivity index (χ0n) is 11.6. The molecule has 0 bridgehead atoms. The smallest absolute Gasteiger partial charge is 0.195 e. The third-order valence-corrected chi connectivity index (χ3v) is 4.29. The second-order valence-electron chi connectivity index (χ2n) is 5.22. The molecule has 3 aromatic heterocycles. The van der Waals surface area contributed by atoms with Crippen molar-refractivity contribution in [1.82, 2.24) is 18.9 Å². The first-order valence-electron chi connectivity index (χ1n) is 6.86. The molecular weight excluding hydrogens is 282 g/mol. The number of aromatic nitrogens is 4. The summed E-state index contributed by atoms with van der Waals surface area (Å²) in [5.41, 5.74) is 9.18. The summed E-state index contributed by atoms with van der Waals surface area (Å²) < 4.78 is 4.17. The normalized spacial score (nSPS) is 13.2. The molecule has 4 rings (SSSR count). The van der Waals surface area contributed by atoms with E-state index in [9.17, 15) is 0 Å². The number of para-hydroxylation sites is 2. The lowest BCUT2D eigenvalue weighted by Crippen LogP contribution is -2.19. The van der Waals surface area contributed by atoms with Gasteiger partial charge in [0.05, 0.1) is 16.7 Å². The van der Waals surface area contributed by atoms with Gasteiger partial charge in [-0.25, -0.2) is 9.97 Å². The van der Waals surface area contributed by atoms with E-state index in [1.165, 1.54) is 0 Å². The summed E-state index contributed by atoms with van der Waals surface area (Å²) in [5, 5.41) is 2.04. The Morgan fingerprint density at radius 2 is 2.19 bits per heavy atom. The third-order valence-electron chi connectivity index (χ3n) is 3.54. The highest BCUT2D eigenvalue weighted by molar-refractivity contribution is 7.15. The van der Waals surface area contributed by atoms with E-state index in [0.717, 1.165) is 33.9 Å². The molecular formula is C15H15N5S. The van der Waals surface area contributed by atoms with Gasteiger partial charge >= 0.3 is 0 Å². The molecule has 0 fully saturated rings. The number of thiazole rings is 1. The summed E-state index contributed by atoms with van der Waals surface area (Å²) >= 11 is 1.63. The summed E-state index contributed by atoms with van der Waals surface area (Å²) in [6.07, 6.45) is 4.66. The molecule has 0 aliphatic heterocycles. The quantitative estimate of drug-likeness (QED) is 0.632. The van der Waals surface area contributed by atoms with Crippen LogP contribution in [0.4, 0.5) is 0 Å². The van der Waals surface area contributed by atoms with E-state index < -0.39 is 0 Å². The van der Waals surface area contributed by atoms with Crippen molar-refractivity contribution in [2.45, 2.75) is 19.4 Å². The Balaban J connectivity index is 1.99.